The summed E-state index contributed by atoms with van der Waals surface area (Å²) in [6, 6.07) is 6.77. The molecule has 0 aliphatic carbocycles. The van der Waals surface area contributed by atoms with Gasteiger partial charge in [-0.25, -0.2) is 4.98 Å². The molecular formula is C12H8BrClN2O2. The van der Waals surface area contributed by atoms with Gasteiger partial charge in [-0.1, -0.05) is 11.6 Å². The summed E-state index contributed by atoms with van der Waals surface area (Å²) in [7, 11) is 0. The van der Waals surface area contributed by atoms with Crippen molar-refractivity contribution in [3.8, 4) is 0 Å². The number of amides is 1. The fourth-order valence-electron chi connectivity index (χ4n) is 1.19. The topological polar surface area (TPSA) is 55.1 Å². The number of rotatable bonds is 3. The number of nitrogens with one attached hydrogen (secondary N) is 1. The van der Waals surface area contributed by atoms with Crippen molar-refractivity contribution in [3.05, 3.63) is 52.0 Å². The summed E-state index contributed by atoms with van der Waals surface area (Å²) in [5.74, 6) is 0.730. The first-order chi connectivity index (χ1) is 8.63. The molecule has 2 aromatic heterocycles. The highest BCUT2D eigenvalue weighted by Gasteiger charge is 2.00. The molecule has 2 aromatic rings. The Bertz CT molecular complexity index is 578. The number of aromatic nitrogens is 1. The lowest BCUT2D eigenvalue weighted by atomic mass is 10.4. The Morgan fingerprint density at radius 1 is 1.39 bits per heavy atom. The second kappa shape index (κ2) is 5.84. The van der Waals surface area contributed by atoms with Crippen molar-refractivity contribution in [3.63, 3.8) is 0 Å². The van der Waals surface area contributed by atoms with Gasteiger partial charge in [-0.2, -0.15) is 0 Å². The predicted molar refractivity (Wildman–Crippen MR) is 73.3 cm³/mol. The van der Waals surface area contributed by atoms with Gasteiger partial charge in [-0.3, -0.25) is 4.79 Å². The maximum atomic E-state index is 11.6. The van der Waals surface area contributed by atoms with Crippen LogP contribution in [0.5, 0.6) is 0 Å². The summed E-state index contributed by atoms with van der Waals surface area (Å²) >= 11 is 8.86. The average Bonchev–Trinajstić information content (AvgIpc) is 2.76. The minimum Gasteiger partial charge on any atom is -0.450 e. The quantitative estimate of drug-likeness (QED) is 0.874. The Balaban J connectivity index is 1.96. The molecule has 1 amide bonds. The minimum atomic E-state index is -0.294. The van der Waals surface area contributed by atoms with E-state index in [4.69, 9.17) is 16.0 Å². The van der Waals surface area contributed by atoms with E-state index in [9.17, 15) is 4.79 Å². The highest BCUT2D eigenvalue weighted by Crippen LogP contribution is 2.15. The Morgan fingerprint density at radius 3 is 2.83 bits per heavy atom. The zero-order chi connectivity index (χ0) is 13.0. The number of anilines is 1. The predicted octanol–water partition coefficient (Wildman–Crippen LogP) is 3.74. The molecule has 0 fully saturated rings. The van der Waals surface area contributed by atoms with E-state index in [1.54, 1.807) is 30.3 Å². The lowest BCUT2D eigenvalue weighted by molar-refractivity contribution is -0.111. The number of carbonyl (C=O) groups excluding carboxylic acids is 1. The van der Waals surface area contributed by atoms with Crippen molar-refractivity contribution >= 4 is 45.3 Å². The Labute approximate surface area is 117 Å². The Kier molecular flexibility index (Phi) is 4.17. The van der Waals surface area contributed by atoms with Crippen LogP contribution >= 0.6 is 27.5 Å². The van der Waals surface area contributed by atoms with Gasteiger partial charge in [-0.05, 0) is 46.3 Å². The monoisotopic (exact) mass is 326 g/mol. The maximum absolute atomic E-state index is 11.6. The van der Waals surface area contributed by atoms with Crippen molar-refractivity contribution in [2.24, 2.45) is 0 Å². The fraction of sp³-hybridized carbons (Fsp3) is 0. The third-order valence-electron chi connectivity index (χ3n) is 1.97. The summed E-state index contributed by atoms with van der Waals surface area (Å²) in [5.41, 5.74) is 0. The SMILES string of the molecule is O=C(/C=C/c1ccc(Br)o1)Nc1ccc(Cl)cn1. The first kappa shape index (κ1) is 12.9. The van der Waals surface area contributed by atoms with Crippen LogP contribution in [0, 0.1) is 0 Å². The summed E-state index contributed by atoms with van der Waals surface area (Å²) < 4.78 is 5.83. The molecule has 0 saturated heterocycles. The van der Waals surface area contributed by atoms with Gasteiger partial charge >= 0.3 is 0 Å². The molecule has 0 saturated carbocycles. The molecule has 6 heteroatoms. The largest absolute Gasteiger partial charge is 0.450 e. The lowest BCUT2D eigenvalue weighted by Crippen LogP contribution is -2.08. The standard InChI is InChI=1S/C12H8BrClN2O2/c13-10-4-2-9(18-10)3-6-12(17)16-11-5-1-8(14)7-15-11/h1-7H,(H,15,16,17)/b6-3+. The number of hydrogen-bond acceptors (Lipinski definition) is 3. The second-order valence-corrected chi connectivity index (χ2v) is 4.54. The smallest absolute Gasteiger partial charge is 0.249 e. The van der Waals surface area contributed by atoms with Gasteiger partial charge in [0.15, 0.2) is 4.67 Å². The first-order valence-corrected chi connectivity index (χ1v) is 6.16. The van der Waals surface area contributed by atoms with Crippen molar-refractivity contribution in [1.29, 1.82) is 0 Å². The third kappa shape index (κ3) is 3.72. The van der Waals surface area contributed by atoms with Crippen molar-refractivity contribution in [2.75, 3.05) is 5.32 Å². The van der Waals surface area contributed by atoms with Crippen LogP contribution in [0.2, 0.25) is 5.02 Å². The second-order valence-electron chi connectivity index (χ2n) is 3.33. The molecule has 92 valence electrons. The van der Waals surface area contributed by atoms with Crippen molar-refractivity contribution < 1.29 is 9.21 Å². The summed E-state index contributed by atoms with van der Waals surface area (Å²) in [4.78, 5) is 15.5. The maximum Gasteiger partial charge on any atom is 0.249 e. The van der Waals surface area contributed by atoms with E-state index in [0.717, 1.165) is 0 Å². The van der Waals surface area contributed by atoms with Crippen LogP contribution < -0.4 is 5.32 Å². The van der Waals surface area contributed by atoms with Gasteiger partial charge in [0.1, 0.15) is 11.6 Å². The Morgan fingerprint density at radius 2 is 2.22 bits per heavy atom. The molecule has 1 N–H and O–H groups in total. The third-order valence-corrected chi connectivity index (χ3v) is 2.62. The van der Waals surface area contributed by atoms with E-state index in [1.165, 1.54) is 12.3 Å². The van der Waals surface area contributed by atoms with E-state index in [-0.39, 0.29) is 5.91 Å². The number of carbonyl (C=O) groups is 1. The molecule has 0 bridgehead atoms. The molecule has 18 heavy (non-hydrogen) atoms. The van der Waals surface area contributed by atoms with E-state index in [0.29, 0.717) is 21.3 Å². The lowest BCUT2D eigenvalue weighted by Gasteiger charge is -1.99. The van der Waals surface area contributed by atoms with Crippen LogP contribution in [-0.4, -0.2) is 10.9 Å². The molecule has 0 aliphatic heterocycles. The number of pyridine rings is 1. The molecule has 4 nitrogen and oxygen atoms in total. The molecule has 0 aromatic carbocycles. The molecule has 0 atom stereocenters. The van der Waals surface area contributed by atoms with E-state index in [2.05, 4.69) is 26.2 Å². The van der Waals surface area contributed by atoms with Gasteiger partial charge in [0, 0.05) is 12.3 Å². The number of hydrogen-bond donors (Lipinski definition) is 1. The van der Waals surface area contributed by atoms with Crippen molar-refractivity contribution in [1.82, 2.24) is 4.98 Å². The van der Waals surface area contributed by atoms with Gasteiger partial charge < -0.3 is 9.73 Å². The molecular weight excluding hydrogens is 320 g/mol. The fourth-order valence-corrected chi connectivity index (χ4v) is 1.62. The van der Waals surface area contributed by atoms with E-state index >= 15 is 0 Å². The van der Waals surface area contributed by atoms with E-state index < -0.39 is 0 Å². The Hall–Kier alpha value is -1.59. The van der Waals surface area contributed by atoms with Crippen LogP contribution in [0.1, 0.15) is 5.76 Å². The molecule has 0 radical (unpaired) electrons. The minimum absolute atomic E-state index is 0.294. The highest BCUT2D eigenvalue weighted by atomic mass is 79.9. The summed E-state index contributed by atoms with van der Waals surface area (Å²) in [5, 5.41) is 3.11. The van der Waals surface area contributed by atoms with Crippen LogP contribution in [0.3, 0.4) is 0 Å². The molecule has 2 heterocycles. The molecule has 0 spiro atoms. The zero-order valence-corrected chi connectivity index (χ0v) is 11.4. The zero-order valence-electron chi connectivity index (χ0n) is 9.06. The summed E-state index contributed by atoms with van der Waals surface area (Å²) in [6.07, 6.45) is 4.39. The number of halogens is 2. The van der Waals surface area contributed by atoms with Crippen LogP contribution in [-0.2, 0) is 4.79 Å². The number of furan rings is 1. The van der Waals surface area contributed by atoms with Crippen LogP contribution in [0.25, 0.3) is 6.08 Å². The highest BCUT2D eigenvalue weighted by molar-refractivity contribution is 9.10. The van der Waals surface area contributed by atoms with Crippen molar-refractivity contribution in [2.45, 2.75) is 0 Å². The molecule has 0 aliphatic rings. The molecule has 2 rings (SSSR count). The summed E-state index contributed by atoms with van der Waals surface area (Å²) in [6.45, 7) is 0. The van der Waals surface area contributed by atoms with Crippen LogP contribution in [0.4, 0.5) is 5.82 Å². The average molecular weight is 328 g/mol. The first-order valence-electron chi connectivity index (χ1n) is 4.99. The van der Waals surface area contributed by atoms with Gasteiger partial charge in [0.25, 0.3) is 0 Å². The van der Waals surface area contributed by atoms with Gasteiger partial charge in [0.2, 0.25) is 5.91 Å². The normalized spacial score (nSPS) is 10.8. The van der Waals surface area contributed by atoms with Crippen LogP contribution in [0.15, 0.2) is 45.6 Å². The molecule has 0 unspecified atom stereocenters. The number of nitrogens with zero attached hydrogens (tertiary/aromatic N) is 1. The van der Waals surface area contributed by atoms with Gasteiger partial charge in [-0.15, -0.1) is 0 Å². The van der Waals surface area contributed by atoms with E-state index in [1.807, 2.05) is 0 Å². The van der Waals surface area contributed by atoms with Gasteiger partial charge in [0.05, 0.1) is 5.02 Å².